The van der Waals surface area contributed by atoms with Gasteiger partial charge in [-0.1, -0.05) is 52.0 Å². The predicted molar refractivity (Wildman–Crippen MR) is 89.4 cm³/mol. The van der Waals surface area contributed by atoms with E-state index in [1.54, 1.807) is 19.0 Å². The maximum Gasteiger partial charge on any atom is 0.236 e. The number of nitrogens with one attached hydrogen (secondary N) is 1. The molecular formula is C18H30N2O. The average molecular weight is 290 g/mol. The van der Waals surface area contributed by atoms with Crippen LogP contribution in [0.1, 0.15) is 57.2 Å². The number of likely N-dealkylation sites (N-methyl/N-ethyl adjacent to an activating group) is 1. The van der Waals surface area contributed by atoms with Crippen LogP contribution >= 0.6 is 0 Å². The first-order chi connectivity index (χ1) is 9.86. The minimum atomic E-state index is 0.108. The van der Waals surface area contributed by atoms with E-state index in [2.05, 4.69) is 57.3 Å². The number of hydrogen-bond donors (Lipinski definition) is 1. The van der Waals surface area contributed by atoms with Crippen LogP contribution in [-0.2, 0) is 4.79 Å². The molecule has 0 saturated carbocycles. The van der Waals surface area contributed by atoms with E-state index in [4.69, 9.17) is 0 Å². The van der Waals surface area contributed by atoms with Crippen LogP contribution in [0.25, 0.3) is 0 Å². The average Bonchev–Trinajstić information content (AvgIpc) is 2.46. The van der Waals surface area contributed by atoms with Crippen molar-refractivity contribution in [3.63, 3.8) is 0 Å². The van der Waals surface area contributed by atoms with E-state index in [-0.39, 0.29) is 11.9 Å². The van der Waals surface area contributed by atoms with Crippen molar-refractivity contribution >= 4 is 5.91 Å². The molecule has 0 fully saturated rings. The standard InChI is InChI=1S/C18H30N2O/c1-7-14(4)15-8-10-16(11-9-15)18(13(2)3)19-12-17(21)20(5)6/h8-11,13-14,18-19H,7,12H2,1-6H3. The molecule has 0 bridgehead atoms. The van der Waals surface area contributed by atoms with Gasteiger partial charge in [-0.05, 0) is 29.4 Å². The van der Waals surface area contributed by atoms with Gasteiger partial charge in [0.1, 0.15) is 0 Å². The lowest BCUT2D eigenvalue weighted by Crippen LogP contribution is -2.36. The normalized spacial score (nSPS) is 14.0. The Kier molecular flexibility index (Phi) is 6.90. The first-order valence-electron chi connectivity index (χ1n) is 7.90. The smallest absolute Gasteiger partial charge is 0.236 e. The lowest BCUT2D eigenvalue weighted by molar-refractivity contribution is -0.127. The molecule has 1 rings (SSSR count). The Morgan fingerprint density at radius 2 is 1.62 bits per heavy atom. The molecule has 21 heavy (non-hydrogen) atoms. The van der Waals surface area contributed by atoms with Crippen LogP contribution in [0.3, 0.4) is 0 Å². The maximum atomic E-state index is 11.7. The third-order valence-corrected chi connectivity index (χ3v) is 4.12. The Labute approximate surface area is 129 Å². The molecule has 0 heterocycles. The minimum Gasteiger partial charge on any atom is -0.348 e. The van der Waals surface area contributed by atoms with Gasteiger partial charge in [-0.25, -0.2) is 0 Å². The molecule has 0 spiro atoms. The summed E-state index contributed by atoms with van der Waals surface area (Å²) >= 11 is 0. The Morgan fingerprint density at radius 3 is 2.05 bits per heavy atom. The van der Waals surface area contributed by atoms with Crippen molar-refractivity contribution in [3.05, 3.63) is 35.4 Å². The molecule has 3 nitrogen and oxygen atoms in total. The molecule has 0 aliphatic carbocycles. The predicted octanol–water partition coefficient (Wildman–Crippen LogP) is 3.58. The van der Waals surface area contributed by atoms with Gasteiger partial charge in [0.15, 0.2) is 0 Å². The molecule has 1 aromatic carbocycles. The van der Waals surface area contributed by atoms with Gasteiger partial charge in [0.25, 0.3) is 0 Å². The SMILES string of the molecule is CCC(C)c1ccc(C(NCC(=O)N(C)C)C(C)C)cc1. The van der Waals surface area contributed by atoms with Crippen molar-refractivity contribution in [2.45, 2.75) is 46.1 Å². The second-order valence-corrected chi connectivity index (χ2v) is 6.37. The summed E-state index contributed by atoms with van der Waals surface area (Å²) in [5, 5.41) is 3.39. The van der Waals surface area contributed by atoms with Gasteiger partial charge in [0.05, 0.1) is 6.54 Å². The highest BCUT2D eigenvalue weighted by atomic mass is 16.2. The molecule has 0 radical (unpaired) electrons. The van der Waals surface area contributed by atoms with Gasteiger partial charge in [-0.3, -0.25) is 4.79 Å². The molecule has 1 N–H and O–H groups in total. The van der Waals surface area contributed by atoms with Gasteiger partial charge in [0.2, 0.25) is 5.91 Å². The first kappa shape index (κ1) is 17.7. The summed E-state index contributed by atoms with van der Waals surface area (Å²) < 4.78 is 0. The summed E-state index contributed by atoms with van der Waals surface area (Å²) in [6, 6.07) is 9.03. The Bertz CT molecular complexity index is 437. The molecule has 118 valence electrons. The fourth-order valence-electron chi connectivity index (χ4n) is 2.36. The van der Waals surface area contributed by atoms with Gasteiger partial charge >= 0.3 is 0 Å². The topological polar surface area (TPSA) is 32.3 Å². The zero-order valence-electron chi connectivity index (χ0n) is 14.3. The summed E-state index contributed by atoms with van der Waals surface area (Å²) in [5.41, 5.74) is 2.64. The van der Waals surface area contributed by atoms with E-state index in [9.17, 15) is 4.79 Å². The van der Waals surface area contributed by atoms with Crippen LogP contribution in [0, 0.1) is 5.92 Å². The second-order valence-electron chi connectivity index (χ2n) is 6.37. The molecule has 2 unspecified atom stereocenters. The molecule has 0 aliphatic rings. The van der Waals surface area contributed by atoms with Crippen molar-refractivity contribution in [3.8, 4) is 0 Å². The minimum absolute atomic E-state index is 0.108. The highest BCUT2D eigenvalue weighted by Gasteiger charge is 2.17. The number of carbonyl (C=O) groups excluding carboxylic acids is 1. The molecule has 2 atom stereocenters. The van der Waals surface area contributed by atoms with Crippen molar-refractivity contribution in [2.24, 2.45) is 5.92 Å². The van der Waals surface area contributed by atoms with Crippen molar-refractivity contribution in [1.82, 2.24) is 10.2 Å². The van der Waals surface area contributed by atoms with E-state index in [0.717, 1.165) is 6.42 Å². The Morgan fingerprint density at radius 1 is 1.10 bits per heavy atom. The molecular weight excluding hydrogens is 260 g/mol. The van der Waals surface area contributed by atoms with Gasteiger partial charge in [0, 0.05) is 20.1 Å². The summed E-state index contributed by atoms with van der Waals surface area (Å²) in [5.74, 6) is 1.14. The number of nitrogens with zero attached hydrogens (tertiary/aromatic N) is 1. The summed E-state index contributed by atoms with van der Waals surface area (Å²) in [4.78, 5) is 13.4. The quantitative estimate of drug-likeness (QED) is 0.832. The third kappa shape index (κ3) is 5.16. The fourth-order valence-corrected chi connectivity index (χ4v) is 2.36. The molecule has 3 heteroatoms. The van der Waals surface area contributed by atoms with E-state index >= 15 is 0 Å². The van der Waals surface area contributed by atoms with Crippen LogP contribution in [-0.4, -0.2) is 31.4 Å². The highest BCUT2D eigenvalue weighted by Crippen LogP contribution is 2.25. The van der Waals surface area contributed by atoms with E-state index in [1.165, 1.54) is 11.1 Å². The van der Waals surface area contributed by atoms with Crippen molar-refractivity contribution in [1.29, 1.82) is 0 Å². The van der Waals surface area contributed by atoms with E-state index in [1.807, 2.05) is 0 Å². The van der Waals surface area contributed by atoms with Gasteiger partial charge in [-0.2, -0.15) is 0 Å². The maximum absolute atomic E-state index is 11.7. The number of carbonyl (C=O) groups is 1. The number of amides is 1. The number of benzene rings is 1. The van der Waals surface area contributed by atoms with Crippen LogP contribution in [0.5, 0.6) is 0 Å². The van der Waals surface area contributed by atoms with Crippen LogP contribution in [0.2, 0.25) is 0 Å². The first-order valence-corrected chi connectivity index (χ1v) is 7.90. The fraction of sp³-hybridized carbons (Fsp3) is 0.611. The number of hydrogen-bond acceptors (Lipinski definition) is 2. The van der Waals surface area contributed by atoms with E-state index < -0.39 is 0 Å². The summed E-state index contributed by atoms with van der Waals surface area (Å²) in [6.07, 6.45) is 1.16. The van der Waals surface area contributed by atoms with E-state index in [0.29, 0.717) is 18.4 Å². The van der Waals surface area contributed by atoms with Crippen LogP contribution in [0.15, 0.2) is 24.3 Å². The van der Waals surface area contributed by atoms with Gasteiger partial charge < -0.3 is 10.2 Å². The zero-order valence-corrected chi connectivity index (χ0v) is 14.3. The third-order valence-electron chi connectivity index (χ3n) is 4.12. The Balaban J connectivity index is 2.79. The number of rotatable bonds is 7. The van der Waals surface area contributed by atoms with Crippen molar-refractivity contribution in [2.75, 3.05) is 20.6 Å². The van der Waals surface area contributed by atoms with Crippen LogP contribution < -0.4 is 5.32 Å². The molecule has 0 aliphatic heterocycles. The lowest BCUT2D eigenvalue weighted by atomic mass is 9.92. The lowest BCUT2D eigenvalue weighted by Gasteiger charge is -2.24. The van der Waals surface area contributed by atoms with Gasteiger partial charge in [-0.15, -0.1) is 0 Å². The highest BCUT2D eigenvalue weighted by molar-refractivity contribution is 5.77. The molecule has 0 aromatic heterocycles. The molecule has 1 amide bonds. The molecule has 0 saturated heterocycles. The van der Waals surface area contributed by atoms with Crippen molar-refractivity contribution < 1.29 is 4.79 Å². The largest absolute Gasteiger partial charge is 0.348 e. The molecule has 1 aromatic rings. The summed E-state index contributed by atoms with van der Waals surface area (Å²) in [6.45, 7) is 9.20. The summed E-state index contributed by atoms with van der Waals surface area (Å²) in [7, 11) is 3.57. The van der Waals surface area contributed by atoms with Crippen LogP contribution in [0.4, 0.5) is 0 Å². The monoisotopic (exact) mass is 290 g/mol. The Hall–Kier alpha value is -1.35. The second kappa shape index (κ2) is 8.18. The zero-order chi connectivity index (χ0) is 16.0.